The van der Waals surface area contributed by atoms with Crippen LogP contribution in [0.4, 0.5) is 20.3 Å². The minimum absolute atomic E-state index is 0.0350. The van der Waals surface area contributed by atoms with Crippen molar-refractivity contribution < 1.29 is 23.0 Å². The average molecular weight is 736 g/mol. The van der Waals surface area contributed by atoms with Gasteiger partial charge in [-0.1, -0.05) is 18.2 Å². The highest BCUT2D eigenvalue weighted by molar-refractivity contribution is 6.10. The number of anilines is 2. The van der Waals surface area contributed by atoms with E-state index in [1.54, 1.807) is 13.2 Å². The van der Waals surface area contributed by atoms with Crippen LogP contribution in [0.15, 0.2) is 72.1 Å². The molecular weight excluding hydrogens is 692 g/mol. The Balaban J connectivity index is 1.20. The number of aliphatic imine (C=N–C) groups is 1. The second-order valence-corrected chi connectivity index (χ2v) is 14.1. The normalized spacial score (nSPS) is 20.5. The predicted molar refractivity (Wildman–Crippen MR) is 203 cm³/mol. The van der Waals surface area contributed by atoms with Crippen molar-refractivity contribution in [3.63, 3.8) is 0 Å². The minimum atomic E-state index is -0.772. The Labute approximate surface area is 312 Å². The topological polar surface area (TPSA) is 127 Å². The van der Waals surface area contributed by atoms with Crippen LogP contribution in [-0.4, -0.2) is 113 Å². The maximum atomic E-state index is 14.9. The van der Waals surface area contributed by atoms with Gasteiger partial charge < -0.3 is 25.0 Å². The van der Waals surface area contributed by atoms with E-state index in [4.69, 9.17) is 20.2 Å². The first-order valence-corrected chi connectivity index (χ1v) is 18.4. The van der Waals surface area contributed by atoms with Crippen LogP contribution in [0, 0.1) is 18.6 Å². The molecule has 1 amide bonds. The van der Waals surface area contributed by atoms with E-state index in [1.165, 1.54) is 23.1 Å². The number of hydrogen-bond acceptors (Lipinski definition) is 10. The van der Waals surface area contributed by atoms with Crippen molar-refractivity contribution in [1.29, 1.82) is 0 Å². The zero-order valence-electron chi connectivity index (χ0n) is 30.4. The van der Waals surface area contributed by atoms with E-state index in [2.05, 4.69) is 32.1 Å². The molecule has 2 saturated heterocycles. The van der Waals surface area contributed by atoms with E-state index in [1.807, 2.05) is 41.0 Å². The fraction of sp³-hybridized carbons (Fsp3) is 0.375. The molecule has 4 bridgehead atoms. The summed E-state index contributed by atoms with van der Waals surface area (Å²) in [5.74, 6) is -0.346. The van der Waals surface area contributed by atoms with Crippen LogP contribution < -0.4 is 15.4 Å². The molecule has 280 valence electrons. The fourth-order valence-electron chi connectivity index (χ4n) is 7.95. The van der Waals surface area contributed by atoms with Gasteiger partial charge in [0.05, 0.1) is 31.3 Å². The summed E-state index contributed by atoms with van der Waals surface area (Å²) in [6.45, 7) is 7.10. The molecule has 12 nitrogen and oxygen atoms in total. The van der Waals surface area contributed by atoms with Crippen LogP contribution in [0.25, 0.3) is 27.8 Å². The second kappa shape index (κ2) is 15.1. The number of aryl methyl sites for hydroxylation is 1. The summed E-state index contributed by atoms with van der Waals surface area (Å²) in [5.41, 5.74) is 12.5. The Kier molecular flexibility index (Phi) is 9.95. The van der Waals surface area contributed by atoms with Gasteiger partial charge in [-0.25, -0.2) is 23.4 Å². The van der Waals surface area contributed by atoms with Gasteiger partial charge in [0, 0.05) is 69.2 Å². The van der Waals surface area contributed by atoms with Crippen LogP contribution in [0.3, 0.4) is 0 Å². The number of carbonyl (C=O) groups is 1. The Morgan fingerprint density at radius 3 is 2.69 bits per heavy atom. The third kappa shape index (κ3) is 6.98. The number of rotatable bonds is 5. The lowest BCUT2D eigenvalue weighted by molar-refractivity contribution is -0.133. The minimum Gasteiger partial charge on any atom is -0.488 e. The predicted octanol–water partition coefficient (Wildman–Crippen LogP) is 5.05. The van der Waals surface area contributed by atoms with Gasteiger partial charge in [-0.05, 0) is 66.8 Å². The number of ether oxygens (including phenoxy) is 2. The standard InChI is InChI=1S/C40H43F2N9O3/c1-25-17-30-26-5-3-6-28(19-26)54-29-21-36(50(23-29)38-31-22-47-51(39(31)46-24-45-38)35-9-8-27(41)20-32(35)42)40(52)49(12-11-48-13-15-53-16-14-48)10-4-7-34(44-2)37(30)33(43)18-25/h3,5-6,8-9,17-20,22,24,29,36H,4,7,10-16,21,23,43H2,1-2H3. The highest BCUT2D eigenvalue weighted by atomic mass is 19.1. The molecule has 2 N–H and O–H groups in total. The van der Waals surface area contributed by atoms with Gasteiger partial charge in [0.15, 0.2) is 11.5 Å². The summed E-state index contributed by atoms with van der Waals surface area (Å²) in [6.07, 6.45) is 4.28. The van der Waals surface area contributed by atoms with Gasteiger partial charge in [-0.15, -0.1) is 0 Å². The van der Waals surface area contributed by atoms with Crippen molar-refractivity contribution in [2.75, 3.05) is 70.2 Å². The number of nitrogens with zero attached hydrogens (tertiary/aromatic N) is 8. The summed E-state index contributed by atoms with van der Waals surface area (Å²) in [4.78, 5) is 35.0. The molecule has 2 atom stereocenters. The SMILES string of the molecule is CN=C1CCCN(CCN2CCOCC2)C(=O)C2CC(CN2c2ncnc3c2cnn3-c2ccc(F)cc2F)Oc2cccc(c2)-c2cc(C)cc(N)c21. The Hall–Kier alpha value is -5.47. The van der Waals surface area contributed by atoms with E-state index in [-0.39, 0.29) is 17.7 Å². The van der Waals surface area contributed by atoms with Gasteiger partial charge in [0.1, 0.15) is 41.5 Å². The number of nitrogens with two attached hydrogens (primary N) is 1. The number of halogens is 2. The molecule has 0 spiro atoms. The lowest BCUT2D eigenvalue weighted by Gasteiger charge is -2.33. The Morgan fingerprint density at radius 2 is 1.87 bits per heavy atom. The van der Waals surface area contributed by atoms with E-state index in [0.29, 0.717) is 86.9 Å². The summed E-state index contributed by atoms with van der Waals surface area (Å²) in [7, 11) is 1.79. The zero-order chi connectivity index (χ0) is 37.3. The molecule has 0 aliphatic carbocycles. The average Bonchev–Trinajstić information content (AvgIpc) is 3.79. The quantitative estimate of drug-likeness (QED) is 0.247. The number of amides is 1. The first-order chi connectivity index (χ1) is 26.3. The summed E-state index contributed by atoms with van der Waals surface area (Å²) >= 11 is 0. The van der Waals surface area contributed by atoms with Crippen molar-refractivity contribution in [3.05, 3.63) is 89.9 Å². The highest BCUT2D eigenvalue weighted by Crippen LogP contribution is 2.36. The number of carbonyl (C=O) groups excluding carboxylic acids is 1. The zero-order valence-corrected chi connectivity index (χ0v) is 30.4. The molecule has 5 heterocycles. The molecule has 0 saturated carbocycles. The first kappa shape index (κ1) is 35.6. The number of nitrogen functional groups attached to an aromatic ring is 1. The molecule has 8 rings (SSSR count). The van der Waals surface area contributed by atoms with Gasteiger partial charge in [0.25, 0.3) is 0 Å². The molecule has 14 heteroatoms. The molecule has 2 fully saturated rings. The van der Waals surface area contributed by atoms with E-state index < -0.39 is 17.7 Å². The molecule has 0 radical (unpaired) electrons. The van der Waals surface area contributed by atoms with Crippen LogP contribution in [0.1, 0.15) is 30.4 Å². The van der Waals surface area contributed by atoms with Crippen molar-refractivity contribution in [2.24, 2.45) is 4.99 Å². The number of aromatic nitrogens is 4. The fourth-order valence-corrected chi connectivity index (χ4v) is 7.95. The van der Waals surface area contributed by atoms with E-state index in [9.17, 15) is 13.6 Å². The molecule has 2 unspecified atom stereocenters. The van der Waals surface area contributed by atoms with Gasteiger partial charge >= 0.3 is 0 Å². The number of fused-ring (bicyclic) bond motifs is 7. The van der Waals surface area contributed by atoms with Crippen LogP contribution in [-0.2, 0) is 9.53 Å². The summed E-state index contributed by atoms with van der Waals surface area (Å²) < 4.78 is 42.4. The van der Waals surface area contributed by atoms with Crippen LogP contribution in [0.5, 0.6) is 5.75 Å². The molecule has 54 heavy (non-hydrogen) atoms. The van der Waals surface area contributed by atoms with Crippen LogP contribution in [0.2, 0.25) is 0 Å². The molecule has 5 aromatic rings. The molecule has 3 aliphatic heterocycles. The number of morpholine rings is 1. The first-order valence-electron chi connectivity index (χ1n) is 18.4. The second-order valence-electron chi connectivity index (χ2n) is 14.1. The van der Waals surface area contributed by atoms with E-state index >= 15 is 0 Å². The van der Waals surface area contributed by atoms with Crippen LogP contribution >= 0.6 is 0 Å². The molecule has 3 aliphatic rings. The largest absolute Gasteiger partial charge is 0.488 e. The number of benzene rings is 3. The third-order valence-electron chi connectivity index (χ3n) is 10.6. The molecule has 2 aromatic heterocycles. The van der Waals surface area contributed by atoms with Gasteiger partial charge in [-0.3, -0.25) is 14.7 Å². The van der Waals surface area contributed by atoms with Crippen molar-refractivity contribution >= 4 is 34.2 Å². The maximum Gasteiger partial charge on any atom is 0.245 e. The summed E-state index contributed by atoms with van der Waals surface area (Å²) in [5, 5.41) is 4.97. The monoisotopic (exact) mass is 735 g/mol. The van der Waals surface area contributed by atoms with Crippen molar-refractivity contribution in [1.82, 2.24) is 29.5 Å². The smallest absolute Gasteiger partial charge is 0.245 e. The molecular formula is C40H43F2N9O3. The highest BCUT2D eigenvalue weighted by Gasteiger charge is 2.42. The van der Waals surface area contributed by atoms with Crippen molar-refractivity contribution in [3.8, 4) is 22.6 Å². The van der Waals surface area contributed by atoms with E-state index in [0.717, 1.165) is 47.1 Å². The van der Waals surface area contributed by atoms with Crippen molar-refractivity contribution in [2.45, 2.75) is 38.3 Å². The van der Waals surface area contributed by atoms with Gasteiger partial charge in [0.2, 0.25) is 5.91 Å². The Morgan fingerprint density at radius 1 is 1.02 bits per heavy atom. The number of hydrogen-bond donors (Lipinski definition) is 1. The summed E-state index contributed by atoms with van der Waals surface area (Å²) in [6, 6.07) is 14.8. The third-order valence-corrected chi connectivity index (χ3v) is 10.6. The Bertz CT molecular complexity index is 2220. The maximum absolute atomic E-state index is 14.9. The van der Waals surface area contributed by atoms with Gasteiger partial charge in [-0.2, -0.15) is 5.10 Å². The molecule has 3 aromatic carbocycles. The lowest BCUT2D eigenvalue weighted by atomic mass is 9.91. The lowest BCUT2D eigenvalue weighted by Crippen LogP contribution is -2.49.